The van der Waals surface area contributed by atoms with E-state index in [-0.39, 0.29) is 6.10 Å². The van der Waals surface area contributed by atoms with E-state index in [2.05, 4.69) is 22.9 Å². The lowest BCUT2D eigenvalue weighted by Gasteiger charge is -2.28. The normalized spacial score (nSPS) is 35.5. The highest BCUT2D eigenvalue weighted by Crippen LogP contribution is 2.37. The SMILES string of the molecule is CSCC(O)CN1C[C@@H]2C[C@H]1CS2. The second-order valence-corrected chi connectivity index (χ2v) is 6.15. The van der Waals surface area contributed by atoms with Crippen molar-refractivity contribution < 1.29 is 5.11 Å². The number of nitrogens with zero attached hydrogens (tertiary/aromatic N) is 1. The molecule has 0 spiro atoms. The van der Waals surface area contributed by atoms with Crippen molar-refractivity contribution in [2.45, 2.75) is 23.8 Å². The van der Waals surface area contributed by atoms with Crippen LogP contribution in [0.2, 0.25) is 0 Å². The van der Waals surface area contributed by atoms with Crippen molar-refractivity contribution in [3.63, 3.8) is 0 Å². The summed E-state index contributed by atoms with van der Waals surface area (Å²) in [7, 11) is 0. The lowest BCUT2D eigenvalue weighted by atomic mass is 10.2. The van der Waals surface area contributed by atoms with E-state index in [1.165, 1.54) is 18.7 Å². The second kappa shape index (κ2) is 4.43. The van der Waals surface area contributed by atoms with Gasteiger partial charge in [0, 0.05) is 35.9 Å². The van der Waals surface area contributed by atoms with Crippen molar-refractivity contribution in [1.82, 2.24) is 4.90 Å². The molecule has 0 radical (unpaired) electrons. The van der Waals surface area contributed by atoms with Crippen LogP contribution >= 0.6 is 23.5 Å². The molecule has 0 amide bonds. The Balaban J connectivity index is 1.76. The first-order valence-electron chi connectivity index (χ1n) is 4.82. The van der Waals surface area contributed by atoms with Gasteiger partial charge in [-0.15, -0.1) is 0 Å². The molecule has 2 aliphatic rings. The first kappa shape index (κ1) is 10.1. The molecule has 2 rings (SSSR count). The zero-order chi connectivity index (χ0) is 9.26. The number of β-amino-alcohol motifs (C(OH)–C–C–N with tert-alkyl or cyclic N) is 1. The van der Waals surface area contributed by atoms with Crippen LogP contribution in [0.15, 0.2) is 0 Å². The Morgan fingerprint density at radius 1 is 1.69 bits per heavy atom. The van der Waals surface area contributed by atoms with Crippen LogP contribution in [-0.4, -0.2) is 58.3 Å². The monoisotopic (exact) mass is 219 g/mol. The van der Waals surface area contributed by atoms with Gasteiger partial charge in [-0.05, 0) is 12.7 Å². The molecule has 0 aliphatic carbocycles. The molecule has 2 bridgehead atoms. The molecule has 2 saturated heterocycles. The van der Waals surface area contributed by atoms with Crippen LogP contribution in [0.4, 0.5) is 0 Å². The summed E-state index contributed by atoms with van der Waals surface area (Å²) in [6.07, 6.45) is 3.28. The quantitative estimate of drug-likeness (QED) is 0.759. The molecule has 4 heteroatoms. The van der Waals surface area contributed by atoms with Gasteiger partial charge in [0.15, 0.2) is 0 Å². The Morgan fingerprint density at radius 2 is 2.54 bits per heavy atom. The van der Waals surface area contributed by atoms with Gasteiger partial charge in [0.05, 0.1) is 6.10 Å². The molecule has 0 aromatic carbocycles. The predicted molar refractivity (Wildman–Crippen MR) is 60.6 cm³/mol. The van der Waals surface area contributed by atoms with Crippen molar-refractivity contribution in [2.75, 3.05) is 30.9 Å². The van der Waals surface area contributed by atoms with Crippen molar-refractivity contribution in [3.05, 3.63) is 0 Å². The van der Waals surface area contributed by atoms with Gasteiger partial charge in [0.25, 0.3) is 0 Å². The Hall–Kier alpha value is 0.620. The number of hydrogen-bond acceptors (Lipinski definition) is 4. The van der Waals surface area contributed by atoms with Gasteiger partial charge in [0.2, 0.25) is 0 Å². The largest absolute Gasteiger partial charge is 0.391 e. The number of aliphatic hydroxyl groups is 1. The first-order chi connectivity index (χ1) is 6.29. The molecule has 1 N–H and O–H groups in total. The molecule has 76 valence electrons. The van der Waals surface area contributed by atoms with E-state index in [4.69, 9.17) is 0 Å². The first-order valence-corrected chi connectivity index (χ1v) is 7.26. The fourth-order valence-corrected chi connectivity index (χ4v) is 4.20. The Morgan fingerprint density at radius 3 is 3.08 bits per heavy atom. The number of rotatable bonds is 4. The minimum atomic E-state index is -0.126. The van der Waals surface area contributed by atoms with Crippen molar-refractivity contribution >= 4 is 23.5 Å². The fourth-order valence-electron chi connectivity index (χ4n) is 2.22. The summed E-state index contributed by atoms with van der Waals surface area (Å²) in [5.74, 6) is 2.16. The zero-order valence-corrected chi connectivity index (χ0v) is 9.61. The highest BCUT2D eigenvalue weighted by atomic mass is 32.2. The van der Waals surface area contributed by atoms with Crippen LogP contribution in [-0.2, 0) is 0 Å². The van der Waals surface area contributed by atoms with Crippen LogP contribution in [0, 0.1) is 0 Å². The van der Waals surface area contributed by atoms with Gasteiger partial charge in [-0.25, -0.2) is 0 Å². The summed E-state index contributed by atoms with van der Waals surface area (Å²) in [6.45, 7) is 2.10. The third-order valence-corrected chi connectivity index (χ3v) is 4.93. The third kappa shape index (κ3) is 2.35. The molecular formula is C9H17NOS2. The zero-order valence-electron chi connectivity index (χ0n) is 7.98. The second-order valence-electron chi connectivity index (χ2n) is 3.91. The Kier molecular flexibility index (Phi) is 3.46. The van der Waals surface area contributed by atoms with E-state index >= 15 is 0 Å². The maximum atomic E-state index is 9.67. The van der Waals surface area contributed by atoms with Gasteiger partial charge in [-0.2, -0.15) is 23.5 Å². The number of aliphatic hydroxyl groups excluding tert-OH is 1. The third-order valence-electron chi connectivity index (χ3n) is 2.82. The molecule has 0 aromatic heterocycles. The average Bonchev–Trinajstić information content (AvgIpc) is 2.65. The number of thioether (sulfide) groups is 2. The Labute approximate surface area is 88.4 Å². The van der Waals surface area contributed by atoms with Gasteiger partial charge >= 0.3 is 0 Å². The Bertz CT molecular complexity index is 179. The van der Waals surface area contributed by atoms with Crippen LogP contribution in [0.1, 0.15) is 6.42 Å². The lowest BCUT2D eigenvalue weighted by molar-refractivity contribution is 0.127. The van der Waals surface area contributed by atoms with E-state index in [1.54, 1.807) is 11.8 Å². The molecule has 0 saturated carbocycles. The van der Waals surface area contributed by atoms with Crippen LogP contribution in [0.5, 0.6) is 0 Å². The number of hydrogen-bond donors (Lipinski definition) is 1. The minimum Gasteiger partial charge on any atom is -0.391 e. The number of likely N-dealkylation sites (tertiary alicyclic amines) is 1. The standard InChI is InChI=1S/C9H17NOS2/c1-12-6-8(11)3-10-4-9-2-7(10)5-13-9/h7-9,11H,2-6H2,1H3/t7-,8?,9-/m0/s1. The molecule has 2 fully saturated rings. The van der Waals surface area contributed by atoms with Gasteiger partial charge in [0.1, 0.15) is 0 Å². The van der Waals surface area contributed by atoms with Crippen molar-refractivity contribution in [2.24, 2.45) is 0 Å². The smallest absolute Gasteiger partial charge is 0.0757 e. The van der Waals surface area contributed by atoms with E-state index in [0.29, 0.717) is 0 Å². The molecule has 13 heavy (non-hydrogen) atoms. The van der Waals surface area contributed by atoms with E-state index in [1.807, 2.05) is 0 Å². The van der Waals surface area contributed by atoms with E-state index < -0.39 is 0 Å². The maximum Gasteiger partial charge on any atom is 0.0757 e. The van der Waals surface area contributed by atoms with Gasteiger partial charge in [-0.1, -0.05) is 0 Å². The van der Waals surface area contributed by atoms with Crippen LogP contribution in [0.3, 0.4) is 0 Å². The van der Waals surface area contributed by atoms with E-state index in [0.717, 1.165) is 23.6 Å². The summed E-state index contributed by atoms with van der Waals surface area (Å²) in [5.41, 5.74) is 0. The number of fused-ring (bicyclic) bond motifs is 2. The van der Waals surface area contributed by atoms with Gasteiger partial charge in [-0.3, -0.25) is 4.90 Å². The fraction of sp³-hybridized carbons (Fsp3) is 1.00. The van der Waals surface area contributed by atoms with Crippen LogP contribution in [0.25, 0.3) is 0 Å². The van der Waals surface area contributed by atoms with Crippen molar-refractivity contribution in [1.29, 1.82) is 0 Å². The summed E-state index contributed by atoms with van der Waals surface area (Å²) in [6, 6.07) is 0.770. The highest BCUT2D eigenvalue weighted by Gasteiger charge is 2.38. The van der Waals surface area contributed by atoms with Crippen molar-refractivity contribution in [3.8, 4) is 0 Å². The molecular weight excluding hydrogens is 202 g/mol. The summed E-state index contributed by atoms with van der Waals surface area (Å²) < 4.78 is 0. The van der Waals surface area contributed by atoms with Gasteiger partial charge < -0.3 is 5.11 Å². The van der Waals surface area contributed by atoms with Crippen LogP contribution < -0.4 is 0 Å². The maximum absolute atomic E-state index is 9.67. The molecule has 3 atom stereocenters. The minimum absolute atomic E-state index is 0.126. The molecule has 1 unspecified atom stereocenters. The van der Waals surface area contributed by atoms with E-state index in [9.17, 15) is 5.11 Å². The molecule has 2 aliphatic heterocycles. The molecule has 2 heterocycles. The summed E-state index contributed by atoms with van der Waals surface area (Å²) in [5, 5.41) is 10.5. The molecule has 2 nitrogen and oxygen atoms in total. The molecule has 0 aromatic rings. The summed E-state index contributed by atoms with van der Waals surface area (Å²) >= 11 is 3.84. The average molecular weight is 219 g/mol. The lowest BCUT2D eigenvalue weighted by Crippen LogP contribution is -2.40. The highest BCUT2D eigenvalue weighted by molar-refractivity contribution is 8.00. The topological polar surface area (TPSA) is 23.5 Å². The summed E-state index contributed by atoms with van der Waals surface area (Å²) in [4.78, 5) is 2.47. The predicted octanol–water partition coefficient (Wildman–Crippen LogP) is 0.900.